The summed E-state index contributed by atoms with van der Waals surface area (Å²) in [7, 11) is -2.52. The second kappa shape index (κ2) is 9.76. The average molecular weight is 441 g/mol. The molecule has 0 radical (unpaired) electrons. The average Bonchev–Trinajstić information content (AvgIpc) is 3.26. The van der Waals surface area contributed by atoms with Crippen molar-refractivity contribution in [3.8, 4) is 5.75 Å². The van der Waals surface area contributed by atoms with Gasteiger partial charge < -0.3 is 19.5 Å². The van der Waals surface area contributed by atoms with E-state index in [2.05, 4.69) is 5.32 Å². The third-order valence-corrected chi connectivity index (χ3v) is 7.26. The van der Waals surface area contributed by atoms with Gasteiger partial charge in [0.05, 0.1) is 25.9 Å². The number of esters is 1. The minimum atomic E-state index is -3.88. The van der Waals surface area contributed by atoms with Crippen LogP contribution in [0.5, 0.6) is 5.75 Å². The molecule has 9 nitrogen and oxygen atoms in total. The lowest BCUT2D eigenvalue weighted by atomic mass is 10.2. The van der Waals surface area contributed by atoms with Gasteiger partial charge in [-0.3, -0.25) is 4.79 Å². The Morgan fingerprint density at radius 1 is 1.20 bits per heavy atom. The molecule has 1 aliphatic carbocycles. The number of benzene rings is 1. The van der Waals surface area contributed by atoms with Crippen LogP contribution in [0.25, 0.3) is 0 Å². The molecule has 1 aromatic carbocycles. The van der Waals surface area contributed by atoms with E-state index in [1.807, 2.05) is 0 Å². The fourth-order valence-corrected chi connectivity index (χ4v) is 5.19. The molecular formula is C20H28N2O7S. The monoisotopic (exact) mass is 440 g/mol. The highest BCUT2D eigenvalue weighted by molar-refractivity contribution is 7.89. The second-order valence-corrected chi connectivity index (χ2v) is 9.33. The fraction of sp³-hybridized carbons (Fsp3) is 0.600. The van der Waals surface area contributed by atoms with Crippen LogP contribution in [0.2, 0.25) is 0 Å². The molecule has 1 N–H and O–H groups in total. The molecule has 3 rings (SSSR count). The first-order valence-electron chi connectivity index (χ1n) is 10.1. The van der Waals surface area contributed by atoms with E-state index in [9.17, 15) is 18.0 Å². The van der Waals surface area contributed by atoms with E-state index in [0.29, 0.717) is 13.2 Å². The number of ether oxygens (including phenoxy) is 3. The van der Waals surface area contributed by atoms with Gasteiger partial charge in [0, 0.05) is 19.1 Å². The van der Waals surface area contributed by atoms with Crippen LogP contribution in [0.15, 0.2) is 23.1 Å². The van der Waals surface area contributed by atoms with Gasteiger partial charge in [-0.05, 0) is 38.0 Å². The van der Waals surface area contributed by atoms with Crippen molar-refractivity contribution in [3.63, 3.8) is 0 Å². The molecule has 10 heteroatoms. The maximum Gasteiger partial charge on any atom is 0.338 e. The summed E-state index contributed by atoms with van der Waals surface area (Å²) in [5.74, 6) is -1.000. The summed E-state index contributed by atoms with van der Waals surface area (Å²) >= 11 is 0. The Labute approximate surface area is 176 Å². The van der Waals surface area contributed by atoms with E-state index in [1.54, 1.807) is 0 Å². The molecule has 1 aromatic rings. The largest absolute Gasteiger partial charge is 0.495 e. The number of nitrogens with one attached hydrogen (secondary N) is 1. The van der Waals surface area contributed by atoms with Crippen LogP contribution in [-0.4, -0.2) is 70.2 Å². The van der Waals surface area contributed by atoms with E-state index >= 15 is 0 Å². The Morgan fingerprint density at radius 3 is 2.50 bits per heavy atom. The zero-order chi connectivity index (χ0) is 21.7. The van der Waals surface area contributed by atoms with Crippen LogP contribution < -0.4 is 10.1 Å². The second-order valence-electron chi connectivity index (χ2n) is 7.42. The molecular weight excluding hydrogens is 412 g/mol. The van der Waals surface area contributed by atoms with Crippen molar-refractivity contribution < 1.29 is 32.2 Å². The number of hydrogen-bond acceptors (Lipinski definition) is 7. The van der Waals surface area contributed by atoms with Crippen molar-refractivity contribution in [1.82, 2.24) is 9.62 Å². The SMILES string of the molecule is COc1ccc(C(=O)O[C@@H](C)C(=O)NC2CCCC2)cc1S(=O)(=O)N1CCOCC1. The summed E-state index contributed by atoms with van der Waals surface area (Å²) in [6.45, 7) is 2.54. The van der Waals surface area contributed by atoms with Crippen molar-refractivity contribution >= 4 is 21.9 Å². The van der Waals surface area contributed by atoms with Gasteiger partial charge in [-0.15, -0.1) is 0 Å². The molecule has 1 heterocycles. The molecule has 0 spiro atoms. The lowest BCUT2D eigenvalue weighted by Gasteiger charge is -2.26. The van der Waals surface area contributed by atoms with Gasteiger partial charge in [-0.25, -0.2) is 13.2 Å². The Balaban J connectivity index is 1.74. The number of carbonyl (C=O) groups is 2. The Hall–Kier alpha value is -2.17. The molecule has 0 aromatic heterocycles. The highest BCUT2D eigenvalue weighted by atomic mass is 32.2. The van der Waals surface area contributed by atoms with Gasteiger partial charge in [-0.1, -0.05) is 12.8 Å². The maximum atomic E-state index is 13.0. The van der Waals surface area contributed by atoms with Crippen LogP contribution in [-0.2, 0) is 24.3 Å². The van der Waals surface area contributed by atoms with E-state index in [1.165, 1.54) is 36.5 Å². The number of sulfonamides is 1. The molecule has 1 atom stereocenters. The summed E-state index contributed by atoms with van der Waals surface area (Å²) in [6, 6.07) is 4.17. The fourth-order valence-electron chi connectivity index (χ4n) is 3.60. The smallest absolute Gasteiger partial charge is 0.338 e. The number of nitrogens with zero attached hydrogens (tertiary/aromatic N) is 1. The van der Waals surface area contributed by atoms with Crippen molar-refractivity contribution in [2.24, 2.45) is 0 Å². The lowest BCUT2D eigenvalue weighted by molar-refractivity contribution is -0.129. The first-order valence-corrected chi connectivity index (χ1v) is 11.5. The zero-order valence-electron chi connectivity index (χ0n) is 17.3. The third-order valence-electron chi connectivity index (χ3n) is 5.34. The number of morpholine rings is 1. The minimum absolute atomic E-state index is 0.0307. The highest BCUT2D eigenvalue weighted by Crippen LogP contribution is 2.29. The Kier molecular flexibility index (Phi) is 7.32. The number of methoxy groups -OCH3 is 1. The summed E-state index contributed by atoms with van der Waals surface area (Å²) in [5, 5.41) is 2.88. The molecule has 1 saturated carbocycles. The first-order chi connectivity index (χ1) is 14.3. The van der Waals surface area contributed by atoms with Crippen LogP contribution >= 0.6 is 0 Å². The highest BCUT2D eigenvalue weighted by Gasteiger charge is 2.31. The lowest BCUT2D eigenvalue weighted by Crippen LogP contribution is -2.41. The molecule has 1 amide bonds. The summed E-state index contributed by atoms with van der Waals surface area (Å²) in [6.07, 6.45) is 3.01. The van der Waals surface area contributed by atoms with Crippen LogP contribution in [0, 0.1) is 0 Å². The number of rotatable bonds is 7. The molecule has 0 unspecified atom stereocenters. The van der Waals surface area contributed by atoms with Crippen LogP contribution in [0.3, 0.4) is 0 Å². The predicted octanol–water partition coefficient (Wildman–Crippen LogP) is 1.32. The van der Waals surface area contributed by atoms with E-state index in [0.717, 1.165) is 25.7 Å². The number of carbonyl (C=O) groups excluding carboxylic acids is 2. The number of hydrogen-bond donors (Lipinski definition) is 1. The summed E-state index contributed by atoms with van der Waals surface area (Å²) < 4.78 is 43.1. The van der Waals surface area contributed by atoms with Crippen molar-refractivity contribution in [1.29, 1.82) is 0 Å². The van der Waals surface area contributed by atoms with Gasteiger partial charge in [-0.2, -0.15) is 4.31 Å². The summed E-state index contributed by atoms with van der Waals surface area (Å²) in [4.78, 5) is 24.7. The molecule has 2 aliphatic rings. The van der Waals surface area contributed by atoms with Crippen molar-refractivity contribution in [2.75, 3.05) is 33.4 Å². The van der Waals surface area contributed by atoms with Crippen LogP contribution in [0.1, 0.15) is 43.0 Å². The van der Waals surface area contributed by atoms with Crippen molar-refractivity contribution in [2.45, 2.75) is 49.6 Å². The Bertz CT molecular complexity index is 875. The molecule has 30 heavy (non-hydrogen) atoms. The van der Waals surface area contributed by atoms with Crippen molar-refractivity contribution in [3.05, 3.63) is 23.8 Å². The normalized spacial score (nSPS) is 19.3. The van der Waals surface area contributed by atoms with E-state index in [-0.39, 0.29) is 41.2 Å². The number of amides is 1. The third kappa shape index (κ3) is 5.11. The molecule has 166 valence electrons. The predicted molar refractivity (Wildman–Crippen MR) is 108 cm³/mol. The summed E-state index contributed by atoms with van der Waals surface area (Å²) in [5.41, 5.74) is 0.0307. The molecule has 2 fully saturated rings. The maximum absolute atomic E-state index is 13.0. The van der Waals surface area contributed by atoms with Gasteiger partial charge in [0.1, 0.15) is 10.6 Å². The molecule has 1 aliphatic heterocycles. The van der Waals surface area contributed by atoms with E-state index < -0.39 is 22.1 Å². The van der Waals surface area contributed by atoms with Gasteiger partial charge >= 0.3 is 5.97 Å². The quantitative estimate of drug-likeness (QED) is 0.637. The standard InChI is InChI=1S/C20H28N2O7S/c1-14(19(23)21-16-5-3-4-6-16)29-20(24)15-7-8-17(27-2)18(13-15)30(25,26)22-9-11-28-12-10-22/h7-8,13-14,16H,3-6,9-12H2,1-2H3,(H,21,23)/t14-/m0/s1. The van der Waals surface area contributed by atoms with Crippen LogP contribution in [0.4, 0.5) is 0 Å². The Morgan fingerprint density at radius 2 is 1.87 bits per heavy atom. The van der Waals surface area contributed by atoms with E-state index in [4.69, 9.17) is 14.2 Å². The minimum Gasteiger partial charge on any atom is -0.495 e. The zero-order valence-corrected chi connectivity index (χ0v) is 18.1. The van der Waals surface area contributed by atoms with Gasteiger partial charge in [0.25, 0.3) is 5.91 Å². The molecule has 0 bridgehead atoms. The topological polar surface area (TPSA) is 111 Å². The van der Waals surface area contributed by atoms with Gasteiger partial charge in [0.2, 0.25) is 10.0 Å². The first kappa shape index (κ1) is 22.5. The van der Waals surface area contributed by atoms with Gasteiger partial charge in [0.15, 0.2) is 6.10 Å². The molecule has 1 saturated heterocycles.